The molecule has 0 radical (unpaired) electrons. The molecule has 1 N–H and O–H groups in total. The van der Waals surface area contributed by atoms with Crippen LogP contribution in [0.25, 0.3) is 10.6 Å². The fraction of sp³-hybridized carbons (Fsp3) is 0.143. The lowest BCUT2D eigenvalue weighted by molar-refractivity contribution is 0.583. The van der Waals surface area contributed by atoms with Crippen LogP contribution in [0.4, 0.5) is 0 Å². The number of hydrogen-bond donors (Lipinski definition) is 1. The van der Waals surface area contributed by atoms with Crippen molar-refractivity contribution in [3.05, 3.63) is 51.5 Å². The summed E-state index contributed by atoms with van der Waals surface area (Å²) in [7, 11) is -3.45. The van der Waals surface area contributed by atoms with Crippen LogP contribution >= 0.6 is 38.6 Å². The molecule has 23 heavy (non-hydrogen) atoms. The second-order valence-electron chi connectivity index (χ2n) is 4.59. The maximum atomic E-state index is 12.1. The number of aromatic nitrogens is 2. The van der Waals surface area contributed by atoms with Gasteiger partial charge < -0.3 is 0 Å². The average Bonchev–Trinajstić information content (AvgIpc) is 3.17. The van der Waals surface area contributed by atoms with E-state index in [1.165, 1.54) is 11.3 Å². The summed E-state index contributed by atoms with van der Waals surface area (Å²) in [5, 5.41) is 2.86. The molecule has 3 rings (SSSR count). The summed E-state index contributed by atoms with van der Waals surface area (Å²) in [6.07, 6.45) is 4.00. The highest BCUT2D eigenvalue weighted by Gasteiger charge is 2.16. The Kier molecular flexibility index (Phi) is 5.22. The first-order valence-corrected chi connectivity index (χ1v) is 10.6. The number of hydrogen-bond acceptors (Lipinski definition) is 6. The molecule has 0 atom stereocenters. The first kappa shape index (κ1) is 16.7. The highest BCUT2D eigenvalue weighted by Crippen LogP contribution is 2.26. The quantitative estimate of drug-likeness (QED) is 0.649. The summed E-state index contributed by atoms with van der Waals surface area (Å²) in [4.78, 5) is 8.51. The molecule has 0 saturated carbocycles. The number of thiophene rings is 1. The van der Waals surface area contributed by atoms with E-state index >= 15 is 0 Å². The number of thiazole rings is 1. The molecule has 9 heteroatoms. The summed E-state index contributed by atoms with van der Waals surface area (Å²) in [5.41, 5.74) is 1.89. The van der Waals surface area contributed by atoms with Crippen molar-refractivity contribution in [2.45, 2.75) is 10.6 Å². The second kappa shape index (κ2) is 7.18. The van der Waals surface area contributed by atoms with Crippen LogP contribution in [0.5, 0.6) is 0 Å². The van der Waals surface area contributed by atoms with Gasteiger partial charge in [-0.05, 0) is 40.2 Å². The number of nitrogens with one attached hydrogen (secondary N) is 1. The van der Waals surface area contributed by atoms with Gasteiger partial charge in [0.05, 0.1) is 9.48 Å². The molecule has 3 aromatic rings. The van der Waals surface area contributed by atoms with Gasteiger partial charge in [-0.25, -0.2) is 18.1 Å². The molecule has 0 unspecified atom stereocenters. The van der Waals surface area contributed by atoms with Crippen LogP contribution in [-0.2, 0) is 16.4 Å². The second-order valence-corrected chi connectivity index (χ2v) is 9.90. The van der Waals surface area contributed by atoms with E-state index in [9.17, 15) is 8.42 Å². The minimum Gasteiger partial charge on any atom is -0.265 e. The minimum atomic E-state index is -3.45. The number of rotatable bonds is 6. The maximum Gasteiger partial charge on any atom is 0.250 e. The molecule has 3 aromatic heterocycles. The molecule has 0 bridgehead atoms. The summed E-state index contributed by atoms with van der Waals surface area (Å²) in [6.45, 7) is 0.317. The molecular formula is C14H12BrN3O2S3. The molecule has 120 valence electrons. The first-order valence-electron chi connectivity index (χ1n) is 6.64. The SMILES string of the molecule is O=S(=O)(NCCc1csc(-c2ccncc2)n1)c1ccc(Br)s1. The Morgan fingerprint density at radius 1 is 1.17 bits per heavy atom. The van der Waals surface area contributed by atoms with Crippen LogP contribution in [0.15, 0.2) is 50.0 Å². The van der Waals surface area contributed by atoms with Crippen LogP contribution in [0.3, 0.4) is 0 Å². The van der Waals surface area contributed by atoms with E-state index in [1.807, 2.05) is 17.5 Å². The predicted octanol–water partition coefficient (Wildman–Crippen LogP) is 3.55. The fourth-order valence-corrected chi connectivity index (χ4v) is 5.82. The average molecular weight is 430 g/mol. The van der Waals surface area contributed by atoms with Crippen molar-refractivity contribution in [3.63, 3.8) is 0 Å². The van der Waals surface area contributed by atoms with Gasteiger partial charge in [-0.3, -0.25) is 4.98 Å². The van der Waals surface area contributed by atoms with Crippen LogP contribution in [0, 0.1) is 0 Å². The van der Waals surface area contributed by atoms with E-state index in [-0.39, 0.29) is 0 Å². The van der Waals surface area contributed by atoms with E-state index < -0.39 is 10.0 Å². The van der Waals surface area contributed by atoms with Crippen molar-refractivity contribution in [3.8, 4) is 10.6 Å². The van der Waals surface area contributed by atoms with Crippen LogP contribution in [0.2, 0.25) is 0 Å². The van der Waals surface area contributed by atoms with Gasteiger partial charge in [0, 0.05) is 36.3 Å². The van der Waals surface area contributed by atoms with Crippen molar-refractivity contribution in [2.75, 3.05) is 6.54 Å². The smallest absolute Gasteiger partial charge is 0.250 e. The zero-order chi connectivity index (χ0) is 16.3. The highest BCUT2D eigenvalue weighted by atomic mass is 79.9. The third-order valence-corrected chi connectivity index (χ3v) is 7.48. The lowest BCUT2D eigenvalue weighted by atomic mass is 10.3. The zero-order valence-corrected chi connectivity index (χ0v) is 15.8. The molecule has 0 amide bonds. The number of sulfonamides is 1. The summed E-state index contributed by atoms with van der Waals surface area (Å²) in [6, 6.07) is 7.11. The number of nitrogens with zero attached hydrogens (tertiary/aromatic N) is 2. The molecule has 0 aromatic carbocycles. The normalized spacial score (nSPS) is 11.7. The minimum absolute atomic E-state index is 0.306. The van der Waals surface area contributed by atoms with Crippen LogP contribution in [0.1, 0.15) is 5.69 Å². The van der Waals surface area contributed by atoms with Crippen molar-refractivity contribution < 1.29 is 8.42 Å². The molecule has 3 heterocycles. The summed E-state index contributed by atoms with van der Waals surface area (Å²) in [5.74, 6) is 0. The van der Waals surface area contributed by atoms with Gasteiger partial charge in [-0.2, -0.15) is 0 Å². The molecule has 5 nitrogen and oxygen atoms in total. The van der Waals surface area contributed by atoms with Crippen LogP contribution < -0.4 is 4.72 Å². The van der Waals surface area contributed by atoms with Gasteiger partial charge in [-0.1, -0.05) is 0 Å². The summed E-state index contributed by atoms with van der Waals surface area (Å²) < 4.78 is 27.9. The van der Waals surface area contributed by atoms with E-state index in [0.29, 0.717) is 17.2 Å². The van der Waals surface area contributed by atoms with Gasteiger partial charge in [0.1, 0.15) is 9.22 Å². The van der Waals surface area contributed by atoms with E-state index in [0.717, 1.165) is 20.1 Å². The van der Waals surface area contributed by atoms with E-state index in [1.54, 1.807) is 35.9 Å². The molecule has 0 fully saturated rings. The van der Waals surface area contributed by atoms with Crippen molar-refractivity contribution in [1.29, 1.82) is 0 Å². The highest BCUT2D eigenvalue weighted by molar-refractivity contribution is 9.11. The number of halogens is 1. The Morgan fingerprint density at radius 2 is 1.96 bits per heavy atom. The van der Waals surface area contributed by atoms with Gasteiger partial charge in [0.15, 0.2) is 0 Å². The predicted molar refractivity (Wildman–Crippen MR) is 96.3 cm³/mol. The van der Waals surface area contributed by atoms with Crippen molar-refractivity contribution in [1.82, 2.24) is 14.7 Å². The molecule has 0 aliphatic heterocycles. The molecule has 0 aliphatic rings. The Labute approximate surface area is 150 Å². The maximum absolute atomic E-state index is 12.1. The largest absolute Gasteiger partial charge is 0.265 e. The monoisotopic (exact) mass is 429 g/mol. The fourth-order valence-electron chi connectivity index (χ4n) is 1.88. The Balaban J connectivity index is 1.60. The molecule has 0 saturated heterocycles. The summed E-state index contributed by atoms with van der Waals surface area (Å²) >= 11 is 6.00. The van der Waals surface area contributed by atoms with Gasteiger partial charge in [0.25, 0.3) is 0 Å². The Morgan fingerprint density at radius 3 is 2.65 bits per heavy atom. The van der Waals surface area contributed by atoms with Crippen molar-refractivity contribution in [2.24, 2.45) is 0 Å². The van der Waals surface area contributed by atoms with E-state index in [2.05, 4.69) is 30.6 Å². The zero-order valence-electron chi connectivity index (χ0n) is 11.8. The van der Waals surface area contributed by atoms with Crippen LogP contribution in [-0.4, -0.2) is 24.9 Å². The number of pyridine rings is 1. The Bertz CT molecular complexity index is 891. The van der Waals surface area contributed by atoms with Gasteiger partial charge in [0.2, 0.25) is 10.0 Å². The van der Waals surface area contributed by atoms with Gasteiger partial charge in [-0.15, -0.1) is 22.7 Å². The standard InChI is InChI=1S/C14H12BrN3O2S3/c15-12-1-2-13(22-12)23(19,20)17-8-5-11-9-21-14(18-11)10-3-6-16-7-4-10/h1-4,6-7,9,17H,5,8H2. The molecular weight excluding hydrogens is 418 g/mol. The first-order chi connectivity index (χ1) is 11.0. The lowest BCUT2D eigenvalue weighted by Gasteiger charge is -2.03. The van der Waals surface area contributed by atoms with Gasteiger partial charge >= 0.3 is 0 Å². The topological polar surface area (TPSA) is 72.0 Å². The third kappa shape index (κ3) is 4.24. The molecule has 0 aliphatic carbocycles. The lowest BCUT2D eigenvalue weighted by Crippen LogP contribution is -2.25. The van der Waals surface area contributed by atoms with E-state index in [4.69, 9.17) is 0 Å². The molecule has 0 spiro atoms. The Hall–Kier alpha value is -1.13. The van der Waals surface area contributed by atoms with Crippen molar-refractivity contribution >= 4 is 48.6 Å². The third-order valence-electron chi connectivity index (χ3n) is 2.97.